The third-order valence-electron chi connectivity index (χ3n) is 4.09. The van der Waals surface area contributed by atoms with Crippen LogP contribution in [0.3, 0.4) is 0 Å². The van der Waals surface area contributed by atoms with Crippen molar-refractivity contribution in [3.05, 3.63) is 48.0 Å². The highest BCUT2D eigenvalue weighted by Gasteiger charge is 2.14. The van der Waals surface area contributed by atoms with Crippen LogP contribution in [0.4, 0.5) is 0 Å². The Morgan fingerprint density at radius 2 is 1.70 bits per heavy atom. The van der Waals surface area contributed by atoms with E-state index < -0.39 is 0 Å². The van der Waals surface area contributed by atoms with Crippen LogP contribution in [0.1, 0.15) is 32.3 Å². The largest absolute Gasteiger partial charge is 0.311 e. The summed E-state index contributed by atoms with van der Waals surface area (Å²) in [6, 6.07) is 15.0. The zero-order chi connectivity index (χ0) is 14.4. The summed E-state index contributed by atoms with van der Waals surface area (Å²) in [5.74, 6) is 0.608. The van der Waals surface area contributed by atoms with Crippen molar-refractivity contribution >= 4 is 22.4 Å². The van der Waals surface area contributed by atoms with E-state index in [4.69, 9.17) is 11.6 Å². The molecule has 0 saturated carbocycles. The van der Waals surface area contributed by atoms with Crippen LogP contribution in [-0.2, 0) is 6.54 Å². The molecule has 1 N–H and O–H groups in total. The van der Waals surface area contributed by atoms with Gasteiger partial charge in [-0.15, -0.1) is 11.6 Å². The summed E-state index contributed by atoms with van der Waals surface area (Å²) in [6.07, 6.45) is 2.31. The maximum absolute atomic E-state index is 6.47. The minimum absolute atomic E-state index is 0.222. The summed E-state index contributed by atoms with van der Waals surface area (Å²) >= 11 is 6.47. The van der Waals surface area contributed by atoms with Gasteiger partial charge in [-0.3, -0.25) is 0 Å². The smallest absolute Gasteiger partial charge is 0.0488 e. The lowest BCUT2D eigenvalue weighted by Crippen LogP contribution is -2.28. The molecule has 0 aromatic heterocycles. The monoisotopic (exact) mass is 289 g/mol. The number of fused-ring (bicyclic) bond motifs is 1. The SMILES string of the molecule is CCC(CC)C(Cl)CNCc1cccc2ccccc12. The highest BCUT2D eigenvalue weighted by Crippen LogP contribution is 2.20. The van der Waals surface area contributed by atoms with E-state index in [1.807, 2.05) is 0 Å². The van der Waals surface area contributed by atoms with E-state index in [0.717, 1.165) is 25.9 Å². The Bertz CT molecular complexity index is 528. The van der Waals surface area contributed by atoms with Crippen LogP contribution in [0.25, 0.3) is 10.8 Å². The number of halogens is 1. The first-order valence-electron chi connectivity index (χ1n) is 7.57. The lowest BCUT2D eigenvalue weighted by Gasteiger charge is -2.19. The minimum atomic E-state index is 0.222. The van der Waals surface area contributed by atoms with E-state index in [0.29, 0.717) is 5.92 Å². The number of hydrogen-bond donors (Lipinski definition) is 1. The van der Waals surface area contributed by atoms with Crippen molar-refractivity contribution in [2.24, 2.45) is 5.92 Å². The molecule has 1 unspecified atom stereocenters. The molecule has 1 atom stereocenters. The van der Waals surface area contributed by atoms with Gasteiger partial charge in [0.1, 0.15) is 0 Å². The van der Waals surface area contributed by atoms with E-state index in [9.17, 15) is 0 Å². The van der Waals surface area contributed by atoms with Gasteiger partial charge in [-0.05, 0) is 22.3 Å². The standard InChI is InChI=1S/C18H24ClN/c1-3-14(4-2)18(19)13-20-12-16-10-7-9-15-8-5-6-11-17(15)16/h5-11,14,18,20H,3-4,12-13H2,1-2H3. The first kappa shape index (κ1) is 15.3. The summed E-state index contributed by atoms with van der Waals surface area (Å²) in [6.45, 7) is 6.18. The molecule has 0 amide bonds. The van der Waals surface area contributed by atoms with Gasteiger partial charge in [0.25, 0.3) is 0 Å². The molecule has 0 fully saturated rings. The van der Waals surface area contributed by atoms with Crippen molar-refractivity contribution in [1.82, 2.24) is 5.32 Å². The van der Waals surface area contributed by atoms with Crippen molar-refractivity contribution in [2.75, 3.05) is 6.54 Å². The fraction of sp³-hybridized carbons (Fsp3) is 0.444. The van der Waals surface area contributed by atoms with Crippen molar-refractivity contribution in [3.8, 4) is 0 Å². The zero-order valence-corrected chi connectivity index (χ0v) is 13.2. The van der Waals surface area contributed by atoms with E-state index in [1.165, 1.54) is 16.3 Å². The molecule has 0 aliphatic heterocycles. The molecule has 108 valence electrons. The van der Waals surface area contributed by atoms with Gasteiger partial charge in [0.2, 0.25) is 0 Å². The van der Waals surface area contributed by atoms with Gasteiger partial charge in [-0.2, -0.15) is 0 Å². The molecule has 0 heterocycles. The van der Waals surface area contributed by atoms with Crippen LogP contribution in [0.2, 0.25) is 0 Å². The molecule has 2 rings (SSSR count). The number of rotatable bonds is 7. The second kappa shape index (κ2) is 7.66. The van der Waals surface area contributed by atoms with Crippen LogP contribution >= 0.6 is 11.6 Å². The Balaban J connectivity index is 1.96. The van der Waals surface area contributed by atoms with Gasteiger partial charge < -0.3 is 5.32 Å². The second-order valence-electron chi connectivity index (χ2n) is 5.36. The molecule has 2 aromatic rings. The third-order valence-corrected chi connectivity index (χ3v) is 4.61. The van der Waals surface area contributed by atoms with Gasteiger partial charge in [0, 0.05) is 18.5 Å². The summed E-state index contributed by atoms with van der Waals surface area (Å²) in [5, 5.41) is 6.36. The maximum atomic E-state index is 6.47. The minimum Gasteiger partial charge on any atom is -0.311 e. The van der Waals surface area contributed by atoms with Crippen LogP contribution in [0, 0.1) is 5.92 Å². The number of benzene rings is 2. The second-order valence-corrected chi connectivity index (χ2v) is 5.92. The average Bonchev–Trinajstić information content (AvgIpc) is 2.49. The molecule has 20 heavy (non-hydrogen) atoms. The van der Waals surface area contributed by atoms with Crippen LogP contribution in [-0.4, -0.2) is 11.9 Å². The average molecular weight is 290 g/mol. The van der Waals surface area contributed by atoms with E-state index in [2.05, 4.69) is 61.6 Å². The molecule has 0 aliphatic carbocycles. The van der Waals surface area contributed by atoms with Gasteiger partial charge in [-0.1, -0.05) is 69.2 Å². The Morgan fingerprint density at radius 1 is 1.00 bits per heavy atom. The fourth-order valence-corrected chi connectivity index (χ4v) is 3.22. The quantitative estimate of drug-likeness (QED) is 0.709. The topological polar surface area (TPSA) is 12.0 Å². The molecule has 2 aromatic carbocycles. The first-order valence-corrected chi connectivity index (χ1v) is 8.01. The highest BCUT2D eigenvalue weighted by atomic mass is 35.5. The van der Waals surface area contributed by atoms with E-state index in [1.54, 1.807) is 0 Å². The normalized spacial score (nSPS) is 13.0. The number of nitrogens with one attached hydrogen (secondary N) is 1. The van der Waals surface area contributed by atoms with Gasteiger partial charge >= 0.3 is 0 Å². The molecule has 0 saturated heterocycles. The van der Waals surface area contributed by atoms with Crippen LogP contribution < -0.4 is 5.32 Å². The molecule has 0 bridgehead atoms. The summed E-state index contributed by atoms with van der Waals surface area (Å²) in [5.41, 5.74) is 1.34. The van der Waals surface area contributed by atoms with E-state index >= 15 is 0 Å². The summed E-state index contributed by atoms with van der Waals surface area (Å²) in [4.78, 5) is 0. The van der Waals surface area contributed by atoms with E-state index in [-0.39, 0.29) is 5.38 Å². The fourth-order valence-electron chi connectivity index (χ4n) is 2.76. The van der Waals surface area contributed by atoms with Gasteiger partial charge in [0.15, 0.2) is 0 Å². The van der Waals surface area contributed by atoms with Crippen molar-refractivity contribution in [3.63, 3.8) is 0 Å². The summed E-state index contributed by atoms with van der Waals surface area (Å²) in [7, 11) is 0. The molecule has 0 aliphatic rings. The predicted molar refractivity (Wildman–Crippen MR) is 89.4 cm³/mol. The first-order chi connectivity index (χ1) is 9.76. The Morgan fingerprint density at radius 3 is 2.45 bits per heavy atom. The zero-order valence-electron chi connectivity index (χ0n) is 12.4. The van der Waals surface area contributed by atoms with Gasteiger partial charge in [-0.25, -0.2) is 0 Å². The number of alkyl halides is 1. The molecule has 0 radical (unpaired) electrons. The predicted octanol–water partition coefficient (Wildman–Crippen LogP) is 4.97. The lowest BCUT2D eigenvalue weighted by atomic mass is 9.99. The van der Waals surface area contributed by atoms with Crippen LogP contribution in [0.15, 0.2) is 42.5 Å². The highest BCUT2D eigenvalue weighted by molar-refractivity contribution is 6.21. The third kappa shape index (κ3) is 3.74. The molecule has 0 spiro atoms. The van der Waals surface area contributed by atoms with Crippen molar-refractivity contribution in [2.45, 2.75) is 38.6 Å². The lowest BCUT2D eigenvalue weighted by molar-refractivity contribution is 0.446. The van der Waals surface area contributed by atoms with Gasteiger partial charge in [0.05, 0.1) is 0 Å². The number of hydrogen-bond acceptors (Lipinski definition) is 1. The van der Waals surface area contributed by atoms with Crippen molar-refractivity contribution < 1.29 is 0 Å². The Labute approximate surface area is 127 Å². The molecule has 1 nitrogen and oxygen atoms in total. The molecular weight excluding hydrogens is 266 g/mol. The van der Waals surface area contributed by atoms with Crippen LogP contribution in [0.5, 0.6) is 0 Å². The summed E-state index contributed by atoms with van der Waals surface area (Å²) < 4.78 is 0. The molecular formula is C18H24ClN. The molecule has 2 heteroatoms. The van der Waals surface area contributed by atoms with Crippen molar-refractivity contribution in [1.29, 1.82) is 0 Å². The Hall–Kier alpha value is -1.05. The maximum Gasteiger partial charge on any atom is 0.0488 e. The Kier molecular flexibility index (Phi) is 5.87.